The van der Waals surface area contributed by atoms with Gasteiger partial charge in [0.25, 0.3) is 0 Å². The highest BCUT2D eigenvalue weighted by molar-refractivity contribution is 5.42. The molecule has 106 valence electrons. The SMILES string of the molecule is Nc1cc(CNN(O)C2(C(F)(F)F)CC2)ccc1F. The minimum atomic E-state index is -4.50. The molecule has 0 aliphatic heterocycles. The fourth-order valence-corrected chi connectivity index (χ4v) is 1.75. The maximum Gasteiger partial charge on any atom is 0.410 e. The van der Waals surface area contributed by atoms with Crippen molar-refractivity contribution < 1.29 is 22.8 Å². The van der Waals surface area contributed by atoms with Gasteiger partial charge in [-0.25, -0.2) is 9.82 Å². The van der Waals surface area contributed by atoms with E-state index >= 15 is 0 Å². The molecule has 0 amide bonds. The van der Waals surface area contributed by atoms with E-state index < -0.39 is 17.5 Å². The number of halogens is 4. The van der Waals surface area contributed by atoms with Crippen LogP contribution in [0.2, 0.25) is 0 Å². The van der Waals surface area contributed by atoms with Crippen molar-refractivity contribution in [3.05, 3.63) is 29.6 Å². The van der Waals surface area contributed by atoms with E-state index in [1.807, 2.05) is 0 Å². The highest BCUT2D eigenvalue weighted by Gasteiger charge is 2.67. The molecule has 1 saturated carbocycles. The van der Waals surface area contributed by atoms with Gasteiger partial charge in [-0.15, -0.1) is 5.17 Å². The first kappa shape index (κ1) is 14.0. The second-order valence-corrected chi connectivity index (χ2v) is 4.53. The Bertz CT molecular complexity index is 473. The minimum Gasteiger partial charge on any atom is -0.396 e. The number of hydrogen-bond acceptors (Lipinski definition) is 4. The molecular formula is C11H13F4N3O. The van der Waals surface area contributed by atoms with Gasteiger partial charge in [-0.2, -0.15) is 13.2 Å². The van der Waals surface area contributed by atoms with Gasteiger partial charge in [-0.05, 0) is 30.5 Å². The minimum absolute atomic E-state index is 0.0845. The van der Waals surface area contributed by atoms with Gasteiger partial charge in [-0.3, -0.25) is 5.21 Å². The third-order valence-electron chi connectivity index (χ3n) is 3.15. The molecule has 4 N–H and O–H groups in total. The number of nitrogens with zero attached hydrogens (tertiary/aromatic N) is 1. The summed E-state index contributed by atoms with van der Waals surface area (Å²) in [6, 6.07) is 3.79. The first-order chi connectivity index (χ1) is 8.76. The van der Waals surface area contributed by atoms with Gasteiger partial charge in [-0.1, -0.05) is 6.07 Å². The molecule has 1 aromatic rings. The summed E-state index contributed by atoms with van der Waals surface area (Å²) in [5.41, 5.74) is 5.74. The van der Waals surface area contributed by atoms with E-state index in [1.165, 1.54) is 12.1 Å². The molecule has 0 heterocycles. The van der Waals surface area contributed by atoms with Crippen LogP contribution in [-0.4, -0.2) is 22.1 Å². The molecule has 1 aliphatic carbocycles. The van der Waals surface area contributed by atoms with E-state index in [0.29, 0.717) is 5.56 Å². The first-order valence-electron chi connectivity index (χ1n) is 5.59. The van der Waals surface area contributed by atoms with E-state index in [9.17, 15) is 22.8 Å². The summed E-state index contributed by atoms with van der Waals surface area (Å²) in [6.07, 6.45) is -4.83. The van der Waals surface area contributed by atoms with Crippen LogP contribution in [0.25, 0.3) is 0 Å². The Balaban J connectivity index is 1.97. The number of anilines is 1. The van der Waals surface area contributed by atoms with Crippen LogP contribution in [0.15, 0.2) is 18.2 Å². The van der Waals surface area contributed by atoms with E-state index in [-0.39, 0.29) is 30.2 Å². The van der Waals surface area contributed by atoms with E-state index in [0.717, 1.165) is 6.07 Å². The quantitative estimate of drug-likeness (QED) is 0.449. The standard InChI is InChI=1S/C11H13F4N3O/c12-8-2-1-7(5-9(8)16)6-17-18(19)10(3-4-10)11(13,14)15/h1-2,5,17,19H,3-4,6,16H2. The lowest BCUT2D eigenvalue weighted by molar-refractivity contribution is -0.287. The van der Waals surface area contributed by atoms with E-state index in [2.05, 4.69) is 5.43 Å². The van der Waals surface area contributed by atoms with Gasteiger partial charge in [0.2, 0.25) is 0 Å². The average Bonchev–Trinajstić information content (AvgIpc) is 3.10. The molecular weight excluding hydrogens is 266 g/mol. The van der Waals surface area contributed by atoms with Crippen LogP contribution in [0.1, 0.15) is 18.4 Å². The molecule has 1 fully saturated rings. The van der Waals surface area contributed by atoms with Crippen molar-refractivity contribution in [1.82, 2.24) is 10.6 Å². The number of benzene rings is 1. The van der Waals surface area contributed by atoms with Crippen LogP contribution in [0, 0.1) is 5.82 Å². The third-order valence-corrected chi connectivity index (χ3v) is 3.15. The number of rotatable bonds is 4. The zero-order valence-corrected chi connectivity index (χ0v) is 9.84. The lowest BCUT2D eigenvalue weighted by Crippen LogP contribution is -2.52. The average molecular weight is 279 g/mol. The molecule has 0 spiro atoms. The molecule has 2 rings (SSSR count). The molecule has 0 radical (unpaired) electrons. The van der Waals surface area contributed by atoms with Crippen LogP contribution >= 0.6 is 0 Å². The van der Waals surface area contributed by atoms with Gasteiger partial charge in [0.15, 0.2) is 5.54 Å². The number of alkyl halides is 3. The molecule has 0 unspecified atom stereocenters. The highest BCUT2D eigenvalue weighted by atomic mass is 19.4. The molecule has 8 heteroatoms. The van der Waals surface area contributed by atoms with E-state index in [1.54, 1.807) is 0 Å². The maximum absolute atomic E-state index is 12.9. The van der Waals surface area contributed by atoms with Gasteiger partial charge >= 0.3 is 6.18 Å². The molecule has 4 nitrogen and oxygen atoms in total. The van der Waals surface area contributed by atoms with Crippen molar-refractivity contribution in [2.75, 3.05) is 5.73 Å². The molecule has 1 aromatic carbocycles. The summed E-state index contributed by atoms with van der Waals surface area (Å²) in [4.78, 5) is 0. The van der Waals surface area contributed by atoms with Crippen molar-refractivity contribution in [1.29, 1.82) is 0 Å². The Hall–Kier alpha value is -1.38. The number of nitrogen functional groups attached to an aromatic ring is 1. The number of hydrogen-bond donors (Lipinski definition) is 3. The second-order valence-electron chi connectivity index (χ2n) is 4.53. The van der Waals surface area contributed by atoms with Gasteiger partial charge in [0.1, 0.15) is 5.82 Å². The van der Waals surface area contributed by atoms with Gasteiger partial charge in [0.05, 0.1) is 5.69 Å². The zero-order chi connectivity index (χ0) is 14.3. The maximum atomic E-state index is 12.9. The predicted molar refractivity (Wildman–Crippen MR) is 59.3 cm³/mol. The molecule has 0 aromatic heterocycles. The van der Waals surface area contributed by atoms with E-state index in [4.69, 9.17) is 5.73 Å². The summed E-state index contributed by atoms with van der Waals surface area (Å²) >= 11 is 0. The monoisotopic (exact) mass is 279 g/mol. The Morgan fingerprint density at radius 2 is 2.00 bits per heavy atom. The summed E-state index contributed by atoms with van der Waals surface area (Å²) in [7, 11) is 0. The van der Waals surface area contributed by atoms with Crippen LogP contribution < -0.4 is 11.2 Å². The summed E-state index contributed by atoms with van der Waals surface area (Å²) in [5.74, 6) is -0.599. The van der Waals surface area contributed by atoms with Crippen LogP contribution in [0.4, 0.5) is 23.2 Å². The van der Waals surface area contributed by atoms with Crippen LogP contribution in [-0.2, 0) is 6.54 Å². The molecule has 0 saturated heterocycles. The van der Waals surface area contributed by atoms with Gasteiger partial charge in [0, 0.05) is 6.54 Å². The van der Waals surface area contributed by atoms with Crippen molar-refractivity contribution in [3.63, 3.8) is 0 Å². The Morgan fingerprint density at radius 3 is 2.47 bits per heavy atom. The topological polar surface area (TPSA) is 61.5 Å². The first-order valence-corrected chi connectivity index (χ1v) is 5.59. The van der Waals surface area contributed by atoms with Crippen molar-refractivity contribution >= 4 is 5.69 Å². The molecule has 0 atom stereocenters. The van der Waals surface area contributed by atoms with Gasteiger partial charge < -0.3 is 5.73 Å². The Kier molecular flexibility index (Phi) is 3.41. The predicted octanol–water partition coefficient (Wildman–Crippen LogP) is 2.20. The normalized spacial score (nSPS) is 17.8. The third kappa shape index (κ3) is 2.65. The lowest BCUT2D eigenvalue weighted by atomic mass is 10.2. The number of nitrogens with one attached hydrogen (secondary N) is 1. The largest absolute Gasteiger partial charge is 0.410 e. The molecule has 0 bridgehead atoms. The second kappa shape index (κ2) is 4.62. The smallest absolute Gasteiger partial charge is 0.396 e. The number of hydroxylamine groups is 1. The fraction of sp³-hybridized carbons (Fsp3) is 0.455. The van der Waals surface area contributed by atoms with Crippen LogP contribution in [0.5, 0.6) is 0 Å². The highest BCUT2D eigenvalue weighted by Crippen LogP contribution is 2.52. The Labute approximate surface area is 106 Å². The number of hydrazine groups is 1. The Morgan fingerprint density at radius 1 is 1.37 bits per heavy atom. The summed E-state index contributed by atoms with van der Waals surface area (Å²) in [6.45, 7) is -0.0845. The fourth-order valence-electron chi connectivity index (χ4n) is 1.75. The number of nitrogens with two attached hydrogens (primary N) is 1. The van der Waals surface area contributed by atoms with Crippen LogP contribution in [0.3, 0.4) is 0 Å². The van der Waals surface area contributed by atoms with Crippen molar-refractivity contribution in [2.45, 2.75) is 31.1 Å². The summed E-state index contributed by atoms with van der Waals surface area (Å²) < 4.78 is 50.9. The molecule has 19 heavy (non-hydrogen) atoms. The van der Waals surface area contributed by atoms with Crippen molar-refractivity contribution in [2.24, 2.45) is 0 Å². The zero-order valence-electron chi connectivity index (χ0n) is 9.84. The molecule has 1 aliphatic rings. The van der Waals surface area contributed by atoms with Crippen molar-refractivity contribution in [3.8, 4) is 0 Å². The lowest BCUT2D eigenvalue weighted by Gasteiger charge is -2.28. The summed E-state index contributed by atoms with van der Waals surface area (Å²) in [5, 5.41) is 9.55.